The van der Waals surface area contributed by atoms with Crippen LogP contribution >= 0.6 is 0 Å². The molecule has 26 heavy (non-hydrogen) atoms. The Kier molecular flexibility index (Phi) is 4.11. The molecule has 1 aromatic carbocycles. The van der Waals surface area contributed by atoms with E-state index in [-0.39, 0.29) is 17.3 Å². The first-order chi connectivity index (χ1) is 12.6. The zero-order valence-electron chi connectivity index (χ0n) is 14.6. The summed E-state index contributed by atoms with van der Waals surface area (Å²) in [5, 5.41) is 14.8. The van der Waals surface area contributed by atoms with Gasteiger partial charge in [0, 0.05) is 30.8 Å². The molecule has 0 spiro atoms. The van der Waals surface area contributed by atoms with Crippen LogP contribution in [0, 0.1) is 5.92 Å². The molecule has 1 aliphatic carbocycles. The van der Waals surface area contributed by atoms with Crippen LogP contribution in [0.3, 0.4) is 0 Å². The van der Waals surface area contributed by atoms with E-state index in [1.54, 1.807) is 15.8 Å². The van der Waals surface area contributed by atoms with Crippen molar-refractivity contribution in [2.24, 2.45) is 5.92 Å². The lowest BCUT2D eigenvalue weighted by Crippen LogP contribution is -2.30. The van der Waals surface area contributed by atoms with Gasteiger partial charge in [-0.2, -0.15) is 5.10 Å². The normalized spacial score (nSPS) is 20.1. The third-order valence-electron chi connectivity index (χ3n) is 5.01. The maximum absolute atomic E-state index is 12.8. The Morgan fingerprint density at radius 3 is 2.62 bits per heavy atom. The Labute approximate surface area is 151 Å². The van der Waals surface area contributed by atoms with Crippen molar-refractivity contribution in [3.8, 4) is 0 Å². The molecule has 1 saturated carbocycles. The van der Waals surface area contributed by atoms with Crippen LogP contribution in [0.4, 0.5) is 0 Å². The first-order valence-electron chi connectivity index (χ1n) is 8.94. The molecule has 2 heterocycles. The van der Waals surface area contributed by atoms with Crippen LogP contribution in [-0.4, -0.2) is 31.5 Å². The number of aryl methyl sites for hydroxylation is 1. The van der Waals surface area contributed by atoms with Crippen molar-refractivity contribution in [2.75, 3.05) is 0 Å². The van der Waals surface area contributed by atoms with Gasteiger partial charge >= 0.3 is 0 Å². The third kappa shape index (κ3) is 2.81. The summed E-state index contributed by atoms with van der Waals surface area (Å²) in [6.07, 6.45) is 5.17. The molecular weight excluding hydrogens is 330 g/mol. The Hall–Kier alpha value is -2.89. The van der Waals surface area contributed by atoms with Gasteiger partial charge in [-0.3, -0.25) is 14.3 Å². The predicted octanol–water partition coefficient (Wildman–Crippen LogP) is 2.78. The summed E-state index contributed by atoms with van der Waals surface area (Å²) in [6.45, 7) is 3.00. The van der Waals surface area contributed by atoms with Gasteiger partial charge in [-0.25, -0.2) is 0 Å². The van der Waals surface area contributed by atoms with Crippen LogP contribution in [0.15, 0.2) is 54.1 Å². The van der Waals surface area contributed by atoms with Crippen LogP contribution in [0.5, 0.6) is 0 Å². The summed E-state index contributed by atoms with van der Waals surface area (Å²) in [6, 6.07) is 8.99. The SMILES string of the molecule is CCn1cc([C@H]2C(C(=O)C3CC3)=C(O)C(=O)N2Cc2ccccc2)cn1. The smallest absolute Gasteiger partial charge is 0.290 e. The maximum atomic E-state index is 12.8. The monoisotopic (exact) mass is 351 g/mol. The van der Waals surface area contributed by atoms with Crippen LogP contribution < -0.4 is 0 Å². The molecule has 0 radical (unpaired) electrons. The molecule has 6 heteroatoms. The van der Waals surface area contributed by atoms with E-state index in [1.165, 1.54) is 0 Å². The molecule has 6 nitrogen and oxygen atoms in total. The predicted molar refractivity (Wildman–Crippen MR) is 95.0 cm³/mol. The van der Waals surface area contributed by atoms with Crippen molar-refractivity contribution in [1.82, 2.24) is 14.7 Å². The number of aromatic nitrogens is 2. The van der Waals surface area contributed by atoms with Crippen LogP contribution in [0.25, 0.3) is 0 Å². The number of rotatable bonds is 6. The van der Waals surface area contributed by atoms with E-state index in [0.717, 1.165) is 24.0 Å². The summed E-state index contributed by atoms with van der Waals surface area (Å²) < 4.78 is 1.76. The highest BCUT2D eigenvalue weighted by atomic mass is 16.3. The van der Waals surface area contributed by atoms with Gasteiger partial charge in [-0.15, -0.1) is 0 Å². The molecule has 4 rings (SSSR count). The van der Waals surface area contributed by atoms with Crippen molar-refractivity contribution in [3.05, 3.63) is 65.2 Å². The molecule has 1 N–H and O–H groups in total. The standard InChI is InChI=1S/C20H21N3O3/c1-2-22-12-15(10-21-22)17-16(18(24)14-8-9-14)19(25)20(26)23(17)11-13-6-4-3-5-7-13/h3-7,10,12,14,17,25H,2,8-9,11H2,1H3/t17-/m0/s1. The van der Waals surface area contributed by atoms with Crippen LogP contribution in [0.2, 0.25) is 0 Å². The van der Waals surface area contributed by atoms with Gasteiger partial charge < -0.3 is 10.0 Å². The fraction of sp³-hybridized carbons (Fsp3) is 0.350. The largest absolute Gasteiger partial charge is 0.503 e. The molecule has 134 valence electrons. The van der Waals surface area contributed by atoms with Crippen molar-refractivity contribution < 1.29 is 14.7 Å². The molecule has 2 aliphatic rings. The summed E-state index contributed by atoms with van der Waals surface area (Å²) >= 11 is 0. The molecule has 1 atom stereocenters. The summed E-state index contributed by atoms with van der Waals surface area (Å²) in [7, 11) is 0. The maximum Gasteiger partial charge on any atom is 0.290 e. The Morgan fingerprint density at radius 2 is 2.00 bits per heavy atom. The number of amides is 1. The fourth-order valence-electron chi connectivity index (χ4n) is 3.45. The molecule has 1 amide bonds. The second kappa shape index (κ2) is 6.44. The van der Waals surface area contributed by atoms with Gasteiger partial charge in [0.15, 0.2) is 11.5 Å². The quantitative estimate of drug-likeness (QED) is 0.868. The minimum Gasteiger partial charge on any atom is -0.503 e. The minimum atomic E-state index is -0.587. The third-order valence-corrected chi connectivity index (χ3v) is 5.01. The number of hydrogen-bond donors (Lipinski definition) is 1. The lowest BCUT2D eigenvalue weighted by molar-refractivity contribution is -0.130. The van der Waals surface area contributed by atoms with Crippen LogP contribution in [0.1, 0.15) is 36.9 Å². The second-order valence-electron chi connectivity index (χ2n) is 6.85. The van der Waals surface area contributed by atoms with E-state index >= 15 is 0 Å². The van der Waals surface area contributed by atoms with Crippen molar-refractivity contribution in [3.63, 3.8) is 0 Å². The lowest BCUT2D eigenvalue weighted by Gasteiger charge is -2.25. The molecule has 0 unspecified atom stereocenters. The van der Waals surface area contributed by atoms with Gasteiger partial charge in [0.05, 0.1) is 17.8 Å². The summed E-state index contributed by atoms with van der Waals surface area (Å²) in [4.78, 5) is 27.1. The number of ketones is 1. The lowest BCUT2D eigenvalue weighted by atomic mass is 9.96. The Balaban J connectivity index is 1.74. The topological polar surface area (TPSA) is 75.4 Å². The zero-order chi connectivity index (χ0) is 18.3. The highest BCUT2D eigenvalue weighted by Gasteiger charge is 2.47. The van der Waals surface area contributed by atoms with Crippen LogP contribution in [-0.2, 0) is 22.7 Å². The van der Waals surface area contributed by atoms with Gasteiger partial charge in [0.2, 0.25) is 0 Å². The average Bonchev–Trinajstić information content (AvgIpc) is 3.36. The molecule has 1 fully saturated rings. The van der Waals surface area contributed by atoms with Gasteiger partial charge in [-0.05, 0) is 25.3 Å². The number of carbonyl (C=O) groups excluding carboxylic acids is 2. The second-order valence-corrected chi connectivity index (χ2v) is 6.85. The van der Waals surface area contributed by atoms with Gasteiger partial charge in [-0.1, -0.05) is 30.3 Å². The first kappa shape index (κ1) is 16.6. The van der Waals surface area contributed by atoms with Gasteiger partial charge in [0.1, 0.15) is 0 Å². The average molecular weight is 351 g/mol. The minimum absolute atomic E-state index is 0.0691. The Bertz CT molecular complexity index is 881. The number of Topliss-reactive ketones (excluding diaryl/α,β-unsaturated/α-hetero) is 1. The number of carbonyl (C=O) groups is 2. The van der Waals surface area contributed by atoms with Crippen molar-refractivity contribution in [1.29, 1.82) is 0 Å². The van der Waals surface area contributed by atoms with E-state index in [4.69, 9.17) is 0 Å². The number of aliphatic hydroxyl groups is 1. The summed E-state index contributed by atoms with van der Waals surface area (Å²) in [5.41, 5.74) is 1.93. The number of hydrogen-bond acceptors (Lipinski definition) is 4. The first-order valence-corrected chi connectivity index (χ1v) is 8.94. The van der Waals surface area contributed by atoms with Crippen molar-refractivity contribution >= 4 is 11.7 Å². The van der Waals surface area contributed by atoms with E-state index in [2.05, 4.69) is 5.10 Å². The van der Waals surface area contributed by atoms with Gasteiger partial charge in [0.25, 0.3) is 5.91 Å². The number of benzene rings is 1. The highest BCUT2D eigenvalue weighted by molar-refractivity contribution is 6.10. The number of nitrogens with zero attached hydrogens (tertiary/aromatic N) is 3. The van der Waals surface area contributed by atoms with E-state index < -0.39 is 17.7 Å². The van der Waals surface area contributed by atoms with E-state index in [1.807, 2.05) is 43.5 Å². The molecule has 0 bridgehead atoms. The van der Waals surface area contributed by atoms with E-state index in [9.17, 15) is 14.7 Å². The molecular formula is C20H21N3O3. The highest BCUT2D eigenvalue weighted by Crippen LogP contribution is 2.43. The molecule has 1 aliphatic heterocycles. The van der Waals surface area contributed by atoms with E-state index in [0.29, 0.717) is 13.1 Å². The summed E-state index contributed by atoms with van der Waals surface area (Å²) in [5.74, 6) is -1.08. The molecule has 0 saturated heterocycles. The number of aliphatic hydroxyl groups excluding tert-OH is 1. The fourth-order valence-corrected chi connectivity index (χ4v) is 3.45. The molecule has 1 aromatic heterocycles. The Morgan fingerprint density at radius 1 is 1.27 bits per heavy atom. The van der Waals surface area contributed by atoms with Crippen molar-refractivity contribution in [2.45, 2.75) is 38.9 Å². The molecule has 2 aromatic rings. The zero-order valence-corrected chi connectivity index (χ0v) is 14.6.